The summed E-state index contributed by atoms with van der Waals surface area (Å²) in [6.07, 6.45) is 0. The third-order valence-electron chi connectivity index (χ3n) is 9.40. The van der Waals surface area contributed by atoms with Gasteiger partial charge in [-0.25, -0.2) is 0 Å². The zero-order chi connectivity index (χ0) is 35.1. The van der Waals surface area contributed by atoms with E-state index in [4.69, 9.17) is 18.9 Å². The van der Waals surface area contributed by atoms with E-state index in [1.165, 1.54) is 0 Å². The Kier molecular flexibility index (Phi) is 16.7. The number of hydrogen-bond acceptors (Lipinski definition) is 10. The maximum Gasteiger partial charge on any atom is 0.202 e. The molecule has 1 aliphatic carbocycles. The molecule has 0 amide bonds. The van der Waals surface area contributed by atoms with Crippen LogP contribution in [0, 0.1) is 0 Å². The number of carbonyl (C=O) groups is 2. The van der Waals surface area contributed by atoms with Crippen molar-refractivity contribution in [2.75, 3.05) is 105 Å². The van der Waals surface area contributed by atoms with Crippen LogP contribution in [-0.4, -0.2) is 136 Å². The Morgan fingerprint density at radius 1 is 0.417 bits per heavy atom. The molecule has 0 fully saturated rings. The van der Waals surface area contributed by atoms with Crippen LogP contribution in [0.1, 0.15) is 87.2 Å². The summed E-state index contributed by atoms with van der Waals surface area (Å²) in [6.45, 7) is 28.5. The number of ether oxygens (including phenoxy) is 4. The van der Waals surface area contributed by atoms with Crippen molar-refractivity contribution in [3.63, 3.8) is 0 Å². The lowest BCUT2D eigenvalue weighted by Crippen LogP contribution is -2.30. The summed E-state index contributed by atoms with van der Waals surface area (Å²) >= 11 is 0. The van der Waals surface area contributed by atoms with Crippen LogP contribution in [-0.2, 0) is 0 Å². The molecule has 0 aliphatic heterocycles. The molecule has 2 aromatic carbocycles. The monoisotopic (exact) mass is 668 g/mol. The van der Waals surface area contributed by atoms with Crippen molar-refractivity contribution in [2.24, 2.45) is 0 Å². The summed E-state index contributed by atoms with van der Waals surface area (Å²) in [4.78, 5) is 38.1. The van der Waals surface area contributed by atoms with Crippen LogP contribution >= 0.6 is 0 Å². The van der Waals surface area contributed by atoms with Crippen molar-refractivity contribution in [1.29, 1.82) is 0 Å². The Bertz CT molecular complexity index is 1300. The van der Waals surface area contributed by atoms with Gasteiger partial charge in [0.1, 0.15) is 37.9 Å². The predicted molar refractivity (Wildman–Crippen MR) is 193 cm³/mol. The van der Waals surface area contributed by atoms with Crippen molar-refractivity contribution in [3.8, 4) is 23.0 Å². The second-order valence-electron chi connectivity index (χ2n) is 11.8. The Labute approximate surface area is 289 Å². The number of carbonyl (C=O) groups excluding carboxylic acids is 2. The van der Waals surface area contributed by atoms with Gasteiger partial charge in [0.2, 0.25) is 5.78 Å². The molecule has 0 N–H and O–H groups in total. The molecule has 0 unspecified atom stereocenters. The van der Waals surface area contributed by atoms with E-state index in [0.29, 0.717) is 69.1 Å². The van der Waals surface area contributed by atoms with Crippen LogP contribution in [0.5, 0.6) is 23.0 Å². The van der Waals surface area contributed by atoms with Gasteiger partial charge < -0.3 is 38.5 Å². The van der Waals surface area contributed by atoms with Crippen LogP contribution in [0.4, 0.5) is 0 Å². The molecule has 0 bridgehead atoms. The molecular weight excluding hydrogens is 608 g/mol. The van der Waals surface area contributed by atoms with E-state index < -0.39 is 0 Å². The maximum atomic E-state index is 14.7. The Hall–Kier alpha value is -3.18. The first kappa shape index (κ1) is 39.3. The summed E-state index contributed by atoms with van der Waals surface area (Å²) in [6, 6.07) is 6.97. The number of ketones is 2. The van der Waals surface area contributed by atoms with Crippen molar-refractivity contribution in [3.05, 3.63) is 46.5 Å². The average Bonchev–Trinajstić information content (AvgIpc) is 3.11. The van der Waals surface area contributed by atoms with Crippen molar-refractivity contribution < 1.29 is 28.5 Å². The zero-order valence-corrected chi connectivity index (χ0v) is 30.9. The number of fused-ring (bicyclic) bond motifs is 2. The average molecular weight is 669 g/mol. The smallest absolute Gasteiger partial charge is 0.202 e. The molecule has 0 radical (unpaired) electrons. The van der Waals surface area contributed by atoms with Gasteiger partial charge in [0, 0.05) is 31.7 Å². The van der Waals surface area contributed by atoms with Gasteiger partial charge in [-0.2, -0.15) is 0 Å². The minimum absolute atomic E-state index is 0.223. The lowest BCUT2D eigenvalue weighted by Gasteiger charge is -2.27. The minimum atomic E-state index is -0.321. The first-order valence-electron chi connectivity index (χ1n) is 18.2. The van der Waals surface area contributed by atoms with E-state index in [-0.39, 0.29) is 33.8 Å². The van der Waals surface area contributed by atoms with E-state index in [0.717, 1.165) is 58.9 Å². The second-order valence-corrected chi connectivity index (χ2v) is 11.8. The normalized spacial score (nSPS) is 12.7. The highest BCUT2D eigenvalue weighted by atomic mass is 16.5. The van der Waals surface area contributed by atoms with Crippen LogP contribution in [0.3, 0.4) is 0 Å². The number of hydrogen-bond donors (Lipinski definition) is 0. The third kappa shape index (κ3) is 9.94. The van der Waals surface area contributed by atoms with E-state index in [2.05, 4.69) is 75.0 Å². The molecular formula is C38H60N4O6. The number of likely N-dealkylation sites (N-methyl/N-ethyl adjacent to an activating group) is 4. The van der Waals surface area contributed by atoms with Crippen LogP contribution in [0.2, 0.25) is 0 Å². The fourth-order valence-corrected chi connectivity index (χ4v) is 6.04. The zero-order valence-electron chi connectivity index (χ0n) is 30.9. The molecule has 3 rings (SSSR count). The molecule has 268 valence electrons. The molecule has 0 atom stereocenters. The minimum Gasteiger partial charge on any atom is -0.491 e. The van der Waals surface area contributed by atoms with E-state index >= 15 is 0 Å². The second kappa shape index (κ2) is 20.4. The number of nitrogens with zero attached hydrogens (tertiary/aromatic N) is 4. The van der Waals surface area contributed by atoms with Gasteiger partial charge in [0.05, 0.1) is 16.7 Å². The molecule has 10 heteroatoms. The molecule has 0 aromatic heterocycles. The largest absolute Gasteiger partial charge is 0.491 e. The highest BCUT2D eigenvalue weighted by Gasteiger charge is 2.39. The molecule has 2 aromatic rings. The first-order valence-corrected chi connectivity index (χ1v) is 18.2. The lowest BCUT2D eigenvalue weighted by molar-refractivity contribution is 0.0965. The third-order valence-corrected chi connectivity index (χ3v) is 9.40. The molecule has 1 aliphatic rings. The van der Waals surface area contributed by atoms with Crippen molar-refractivity contribution in [1.82, 2.24) is 19.6 Å². The van der Waals surface area contributed by atoms with Gasteiger partial charge >= 0.3 is 0 Å². The first-order chi connectivity index (χ1) is 23.3. The van der Waals surface area contributed by atoms with Gasteiger partial charge in [0.25, 0.3) is 0 Å². The van der Waals surface area contributed by atoms with Gasteiger partial charge in [-0.3, -0.25) is 9.59 Å². The number of rotatable bonds is 24. The summed E-state index contributed by atoms with van der Waals surface area (Å²) in [5.41, 5.74) is 0.981. The molecule has 10 nitrogen and oxygen atoms in total. The van der Waals surface area contributed by atoms with E-state index in [1.54, 1.807) is 24.3 Å². The van der Waals surface area contributed by atoms with Crippen LogP contribution in [0.25, 0.3) is 0 Å². The quantitative estimate of drug-likeness (QED) is 0.125. The molecule has 0 spiro atoms. The molecule has 0 saturated heterocycles. The Balaban J connectivity index is 2.08. The molecule has 0 saturated carbocycles. The van der Waals surface area contributed by atoms with Gasteiger partial charge in [-0.1, -0.05) is 55.4 Å². The summed E-state index contributed by atoms with van der Waals surface area (Å²) < 4.78 is 25.2. The Morgan fingerprint density at radius 3 is 1.15 bits per heavy atom. The van der Waals surface area contributed by atoms with Crippen LogP contribution in [0.15, 0.2) is 24.3 Å². The van der Waals surface area contributed by atoms with Crippen molar-refractivity contribution >= 4 is 11.6 Å². The van der Waals surface area contributed by atoms with Crippen LogP contribution < -0.4 is 18.9 Å². The van der Waals surface area contributed by atoms with Gasteiger partial charge in [0.15, 0.2) is 17.3 Å². The highest BCUT2D eigenvalue weighted by Crippen LogP contribution is 2.44. The fraction of sp³-hybridized carbons (Fsp3) is 0.632. The van der Waals surface area contributed by atoms with E-state index in [1.807, 2.05) is 0 Å². The lowest BCUT2D eigenvalue weighted by atomic mass is 9.82. The summed E-state index contributed by atoms with van der Waals surface area (Å²) in [5, 5.41) is 0. The SMILES string of the molecule is CCN(CC)CCOc1ccc2c(c1OCCN(CC)CC)C(=O)c1c(OCCN(CC)CC)ccc(OCCN(CC)CC)c1C2=O. The topological polar surface area (TPSA) is 84.0 Å². The number of benzene rings is 2. The molecule has 48 heavy (non-hydrogen) atoms. The van der Waals surface area contributed by atoms with Crippen molar-refractivity contribution in [2.45, 2.75) is 55.4 Å². The maximum absolute atomic E-state index is 14.7. The standard InChI is InChI=1S/C38H60N4O6/c1-9-39(10-2)21-25-45-30-19-20-31(46-26-22-40(11-3)12-4)35-34(30)36(43)29-17-18-32(47-27-23-41(13-5)14-6)38(33(29)37(35)44)48-28-24-42(15-7)16-8/h17-20H,9-16,21-28H2,1-8H3. The van der Waals surface area contributed by atoms with E-state index in [9.17, 15) is 9.59 Å². The van der Waals surface area contributed by atoms with Gasteiger partial charge in [-0.15, -0.1) is 0 Å². The summed E-state index contributed by atoms with van der Waals surface area (Å²) in [7, 11) is 0. The summed E-state index contributed by atoms with van der Waals surface area (Å²) in [5.74, 6) is 0.930. The Morgan fingerprint density at radius 2 is 0.750 bits per heavy atom. The highest BCUT2D eigenvalue weighted by molar-refractivity contribution is 6.31. The predicted octanol–water partition coefficient (Wildman–Crippen LogP) is 5.34. The van der Waals surface area contributed by atoms with Gasteiger partial charge in [-0.05, 0) is 76.6 Å². The molecule has 0 heterocycles. The fourth-order valence-electron chi connectivity index (χ4n) is 6.04.